The number of amides is 2. The van der Waals surface area contributed by atoms with Gasteiger partial charge in [-0.3, -0.25) is 9.59 Å². The highest BCUT2D eigenvalue weighted by atomic mass is 32.1. The molecule has 1 aliphatic rings. The molecule has 2 amide bonds. The van der Waals surface area contributed by atoms with Gasteiger partial charge in [-0.25, -0.2) is 4.98 Å². The first-order chi connectivity index (χ1) is 14.6. The number of aryl methyl sites for hydroxylation is 1. The number of benzene rings is 2. The second-order valence-corrected chi connectivity index (χ2v) is 7.92. The van der Waals surface area contributed by atoms with Crippen LogP contribution in [0.25, 0.3) is 10.6 Å². The summed E-state index contributed by atoms with van der Waals surface area (Å²) in [5, 5.41) is 5.90. The third-order valence-corrected chi connectivity index (χ3v) is 5.84. The minimum absolute atomic E-state index is 0.282. The molecule has 1 aromatic heterocycles. The number of fused-ring (bicyclic) bond motifs is 1. The Bertz CT molecular complexity index is 1170. The first kappa shape index (κ1) is 20.9. The SMILES string of the molecule is Cc1nc(-c2ccc(C(F)(F)F)cc2)sc1C(=O)Nc1ccc2c(c1)NC(=O)[C@@H](C)O2. The molecule has 160 valence electrons. The van der Waals surface area contributed by atoms with Gasteiger partial charge in [-0.1, -0.05) is 12.1 Å². The zero-order valence-electron chi connectivity index (χ0n) is 16.3. The van der Waals surface area contributed by atoms with E-state index in [4.69, 9.17) is 4.74 Å². The Morgan fingerprint density at radius 3 is 2.58 bits per heavy atom. The predicted octanol–water partition coefficient (Wildman–Crippen LogP) is 5.11. The van der Waals surface area contributed by atoms with Gasteiger partial charge in [0.15, 0.2) is 6.10 Å². The fraction of sp³-hybridized carbons (Fsp3) is 0.190. The van der Waals surface area contributed by atoms with Crippen LogP contribution in [0.2, 0.25) is 0 Å². The highest BCUT2D eigenvalue weighted by molar-refractivity contribution is 7.17. The number of hydrogen-bond acceptors (Lipinski definition) is 5. The minimum atomic E-state index is -4.42. The summed E-state index contributed by atoms with van der Waals surface area (Å²) >= 11 is 1.08. The van der Waals surface area contributed by atoms with E-state index in [0.29, 0.717) is 38.3 Å². The van der Waals surface area contributed by atoms with E-state index in [2.05, 4.69) is 15.6 Å². The lowest BCUT2D eigenvalue weighted by Crippen LogP contribution is -2.34. The molecule has 0 saturated heterocycles. The average molecular weight is 447 g/mol. The smallest absolute Gasteiger partial charge is 0.416 e. The number of carbonyl (C=O) groups is 2. The third-order valence-electron chi connectivity index (χ3n) is 4.63. The van der Waals surface area contributed by atoms with Crippen LogP contribution in [0.1, 0.15) is 27.9 Å². The molecule has 0 fully saturated rings. The van der Waals surface area contributed by atoms with Crippen molar-refractivity contribution in [3.05, 3.63) is 58.6 Å². The van der Waals surface area contributed by atoms with Gasteiger partial charge in [-0.2, -0.15) is 13.2 Å². The van der Waals surface area contributed by atoms with Crippen molar-refractivity contribution in [2.24, 2.45) is 0 Å². The fourth-order valence-corrected chi connectivity index (χ4v) is 3.97. The number of alkyl halides is 3. The molecule has 1 aliphatic heterocycles. The zero-order chi connectivity index (χ0) is 22.3. The van der Waals surface area contributed by atoms with E-state index >= 15 is 0 Å². The lowest BCUT2D eigenvalue weighted by Gasteiger charge is -2.23. The predicted molar refractivity (Wildman–Crippen MR) is 110 cm³/mol. The van der Waals surface area contributed by atoms with Crippen molar-refractivity contribution in [3.63, 3.8) is 0 Å². The summed E-state index contributed by atoms with van der Waals surface area (Å²) in [6, 6.07) is 9.50. The molecule has 10 heteroatoms. The number of thiazole rings is 1. The van der Waals surface area contributed by atoms with Crippen molar-refractivity contribution < 1.29 is 27.5 Å². The molecule has 0 unspecified atom stereocenters. The summed E-state index contributed by atoms with van der Waals surface area (Å²) in [5.41, 5.74) is 1.10. The first-order valence-corrected chi connectivity index (χ1v) is 10.0. The van der Waals surface area contributed by atoms with E-state index in [9.17, 15) is 22.8 Å². The van der Waals surface area contributed by atoms with Crippen LogP contribution in [0.4, 0.5) is 24.5 Å². The van der Waals surface area contributed by atoms with E-state index < -0.39 is 23.8 Å². The summed E-state index contributed by atoms with van der Waals surface area (Å²) in [6.45, 7) is 3.29. The van der Waals surface area contributed by atoms with Crippen LogP contribution in [0.3, 0.4) is 0 Å². The van der Waals surface area contributed by atoms with E-state index in [-0.39, 0.29) is 5.91 Å². The van der Waals surface area contributed by atoms with Gasteiger partial charge < -0.3 is 15.4 Å². The number of carbonyl (C=O) groups excluding carboxylic acids is 2. The van der Waals surface area contributed by atoms with Crippen LogP contribution in [-0.2, 0) is 11.0 Å². The van der Waals surface area contributed by atoms with Gasteiger partial charge in [0.1, 0.15) is 15.6 Å². The Balaban J connectivity index is 1.53. The van der Waals surface area contributed by atoms with Crippen molar-refractivity contribution in [3.8, 4) is 16.3 Å². The molecule has 0 saturated carbocycles. The molecule has 1 atom stereocenters. The number of nitrogens with one attached hydrogen (secondary N) is 2. The topological polar surface area (TPSA) is 80.3 Å². The average Bonchev–Trinajstić information content (AvgIpc) is 3.10. The summed E-state index contributed by atoms with van der Waals surface area (Å²) < 4.78 is 43.7. The number of halogens is 3. The van der Waals surface area contributed by atoms with Crippen molar-refractivity contribution >= 4 is 34.5 Å². The fourth-order valence-electron chi connectivity index (χ4n) is 3.01. The molecule has 2 aromatic carbocycles. The maximum Gasteiger partial charge on any atom is 0.416 e. The van der Waals surface area contributed by atoms with E-state index in [0.717, 1.165) is 23.5 Å². The second kappa shape index (κ2) is 7.69. The molecule has 0 radical (unpaired) electrons. The Kier molecular flexibility index (Phi) is 5.18. The van der Waals surface area contributed by atoms with Crippen molar-refractivity contribution in [2.45, 2.75) is 26.1 Å². The standard InChI is InChI=1S/C21H16F3N3O3S/c1-10-17(31-20(25-10)12-3-5-13(6-4-12)21(22,23)24)19(29)26-14-7-8-16-15(9-14)27-18(28)11(2)30-16/h3-9,11H,1-2H3,(H,26,29)(H,27,28)/t11-/m1/s1. The van der Waals surface area contributed by atoms with Crippen molar-refractivity contribution in [1.82, 2.24) is 4.98 Å². The van der Waals surface area contributed by atoms with Gasteiger partial charge in [0.2, 0.25) is 0 Å². The normalized spacial score (nSPS) is 15.6. The Morgan fingerprint density at radius 1 is 1.19 bits per heavy atom. The number of nitrogens with zero attached hydrogens (tertiary/aromatic N) is 1. The molecule has 31 heavy (non-hydrogen) atoms. The Morgan fingerprint density at radius 2 is 1.90 bits per heavy atom. The van der Waals surface area contributed by atoms with Crippen LogP contribution in [-0.4, -0.2) is 22.9 Å². The number of hydrogen-bond donors (Lipinski definition) is 2. The number of ether oxygens (including phenoxy) is 1. The van der Waals surface area contributed by atoms with Gasteiger partial charge in [0.05, 0.1) is 16.9 Å². The van der Waals surface area contributed by atoms with Crippen LogP contribution in [0.15, 0.2) is 42.5 Å². The second-order valence-electron chi connectivity index (χ2n) is 6.92. The molecule has 2 N–H and O–H groups in total. The largest absolute Gasteiger partial charge is 0.479 e. The van der Waals surface area contributed by atoms with Crippen molar-refractivity contribution in [2.75, 3.05) is 10.6 Å². The van der Waals surface area contributed by atoms with Crippen LogP contribution >= 0.6 is 11.3 Å². The van der Waals surface area contributed by atoms with E-state index in [1.54, 1.807) is 32.0 Å². The molecule has 0 spiro atoms. The summed E-state index contributed by atoms with van der Waals surface area (Å²) in [7, 11) is 0. The zero-order valence-corrected chi connectivity index (χ0v) is 17.1. The lowest BCUT2D eigenvalue weighted by molar-refractivity contribution is -0.137. The molecule has 2 heterocycles. The maximum atomic E-state index is 12.8. The minimum Gasteiger partial charge on any atom is -0.479 e. The van der Waals surface area contributed by atoms with Crippen LogP contribution < -0.4 is 15.4 Å². The van der Waals surface area contributed by atoms with Gasteiger partial charge in [-0.05, 0) is 44.2 Å². The molecular weight excluding hydrogens is 431 g/mol. The van der Waals surface area contributed by atoms with Crippen molar-refractivity contribution in [1.29, 1.82) is 0 Å². The van der Waals surface area contributed by atoms with Crippen LogP contribution in [0, 0.1) is 6.92 Å². The van der Waals surface area contributed by atoms with Gasteiger partial charge in [0, 0.05) is 11.3 Å². The highest BCUT2D eigenvalue weighted by Crippen LogP contribution is 2.34. The first-order valence-electron chi connectivity index (χ1n) is 9.20. The molecular formula is C21H16F3N3O3S. The molecule has 6 nitrogen and oxygen atoms in total. The molecule has 0 bridgehead atoms. The van der Waals surface area contributed by atoms with Gasteiger partial charge in [0.25, 0.3) is 11.8 Å². The third kappa shape index (κ3) is 4.24. The van der Waals surface area contributed by atoms with Crippen LogP contribution in [0.5, 0.6) is 5.75 Å². The quantitative estimate of drug-likeness (QED) is 0.585. The Hall–Kier alpha value is -3.40. The summed E-state index contributed by atoms with van der Waals surface area (Å²) in [6.07, 6.45) is -5.02. The highest BCUT2D eigenvalue weighted by Gasteiger charge is 2.30. The monoisotopic (exact) mass is 447 g/mol. The number of rotatable bonds is 3. The number of anilines is 2. The Labute approximate surface area is 179 Å². The number of aromatic nitrogens is 1. The molecule has 3 aromatic rings. The maximum absolute atomic E-state index is 12.8. The van der Waals surface area contributed by atoms with Gasteiger partial charge >= 0.3 is 6.18 Å². The summed E-state index contributed by atoms with van der Waals surface area (Å²) in [4.78, 5) is 29.2. The van der Waals surface area contributed by atoms with E-state index in [1.165, 1.54) is 12.1 Å². The van der Waals surface area contributed by atoms with E-state index in [1.807, 2.05) is 0 Å². The molecule has 0 aliphatic carbocycles. The lowest BCUT2D eigenvalue weighted by atomic mass is 10.1. The molecule has 4 rings (SSSR count). The van der Waals surface area contributed by atoms with Gasteiger partial charge in [-0.15, -0.1) is 11.3 Å². The summed E-state index contributed by atoms with van der Waals surface area (Å²) in [5.74, 6) is -0.191.